The van der Waals surface area contributed by atoms with E-state index in [-0.39, 0.29) is 13.2 Å². The molecule has 0 rings (SSSR count). The Morgan fingerprint density at radius 1 is 1.39 bits per heavy atom. The van der Waals surface area contributed by atoms with Gasteiger partial charge < -0.3 is 10.5 Å². The van der Waals surface area contributed by atoms with Crippen molar-refractivity contribution in [3.8, 4) is 0 Å². The number of ether oxygens (including phenoxy) is 1. The van der Waals surface area contributed by atoms with Crippen LogP contribution in [0, 0.1) is 0 Å². The molecule has 0 bridgehead atoms. The molecule has 0 saturated carbocycles. The van der Waals surface area contributed by atoms with Crippen LogP contribution in [0.4, 0.5) is 13.2 Å². The smallest absolute Gasteiger partial charge is 0.433 e. The number of nitrogens with zero attached hydrogens (tertiary/aromatic N) is 1. The van der Waals surface area contributed by atoms with Crippen molar-refractivity contribution in [2.45, 2.75) is 32.9 Å². The highest BCUT2D eigenvalue weighted by atomic mass is 19.4. The summed E-state index contributed by atoms with van der Waals surface area (Å²) in [6, 6.07) is 0. The summed E-state index contributed by atoms with van der Waals surface area (Å²) in [6.07, 6.45) is -2.95. The molecule has 0 aliphatic rings. The Hall–Kier alpha value is -1.53. The molecule has 0 aliphatic carbocycles. The maximum atomic E-state index is 12.8. The predicted molar refractivity (Wildman–Crippen MR) is 62.2 cm³/mol. The van der Waals surface area contributed by atoms with Gasteiger partial charge in [0.25, 0.3) is 0 Å². The number of alkyl halides is 3. The molecule has 7 heteroatoms. The number of carbonyl (C=O) groups excluding carboxylic acids is 1. The minimum absolute atomic E-state index is 0.0118. The van der Waals surface area contributed by atoms with Crippen LogP contribution in [0.25, 0.3) is 0 Å². The van der Waals surface area contributed by atoms with Crippen molar-refractivity contribution in [3.05, 3.63) is 11.8 Å². The van der Waals surface area contributed by atoms with Gasteiger partial charge in [-0.3, -0.25) is 4.99 Å². The quantitative estimate of drug-likeness (QED) is 0.347. The first-order chi connectivity index (χ1) is 8.38. The Kier molecular flexibility index (Phi) is 7.07. The normalized spacial score (nSPS) is 13.6. The number of esters is 1. The molecule has 18 heavy (non-hydrogen) atoms. The topological polar surface area (TPSA) is 64.7 Å². The molecule has 0 aromatic carbocycles. The summed E-state index contributed by atoms with van der Waals surface area (Å²) >= 11 is 0. The minimum Gasteiger partial charge on any atom is -0.462 e. The highest BCUT2D eigenvalue weighted by Crippen LogP contribution is 2.23. The molecule has 0 radical (unpaired) electrons. The molecule has 0 saturated heterocycles. The second-order valence-electron chi connectivity index (χ2n) is 3.38. The number of rotatable bonds is 6. The van der Waals surface area contributed by atoms with Gasteiger partial charge >= 0.3 is 12.1 Å². The molecule has 0 atom stereocenters. The fourth-order valence-electron chi connectivity index (χ4n) is 1.13. The van der Waals surface area contributed by atoms with Crippen LogP contribution in [0.5, 0.6) is 0 Å². The number of hydrogen-bond donors (Lipinski definition) is 1. The molecule has 2 N–H and O–H groups in total. The van der Waals surface area contributed by atoms with Gasteiger partial charge in [-0.2, -0.15) is 13.2 Å². The third-order valence-electron chi connectivity index (χ3n) is 1.97. The minimum atomic E-state index is -4.73. The van der Waals surface area contributed by atoms with Crippen LogP contribution in [0.15, 0.2) is 16.8 Å². The molecule has 104 valence electrons. The molecule has 0 heterocycles. The van der Waals surface area contributed by atoms with E-state index in [1.165, 1.54) is 6.92 Å². The fourth-order valence-corrected chi connectivity index (χ4v) is 1.13. The van der Waals surface area contributed by atoms with E-state index in [1.807, 2.05) is 6.92 Å². The van der Waals surface area contributed by atoms with Crippen molar-refractivity contribution >= 4 is 11.7 Å². The first-order valence-corrected chi connectivity index (χ1v) is 5.59. The van der Waals surface area contributed by atoms with Crippen LogP contribution in [-0.2, 0) is 9.53 Å². The third kappa shape index (κ3) is 5.20. The first-order valence-electron chi connectivity index (χ1n) is 5.59. The van der Waals surface area contributed by atoms with Crippen LogP contribution >= 0.6 is 0 Å². The standard InChI is InChI=1S/C11H17F3N2O2/c1-3-5-6-16-9(11(12,13)14)8(7-15)10(17)18-4-2/h7H,3-6,15H2,1-2H3. The van der Waals surface area contributed by atoms with Crippen molar-refractivity contribution in [2.24, 2.45) is 10.7 Å². The Balaban J connectivity index is 5.17. The molecule has 0 spiro atoms. The molecule has 0 unspecified atom stereocenters. The molecule has 0 amide bonds. The molecule has 0 fully saturated rings. The van der Waals surface area contributed by atoms with Gasteiger partial charge in [0, 0.05) is 12.7 Å². The molecule has 0 aliphatic heterocycles. The maximum Gasteiger partial charge on any atom is 0.433 e. The van der Waals surface area contributed by atoms with Crippen molar-refractivity contribution in [3.63, 3.8) is 0 Å². The molecule has 0 aromatic heterocycles. The Labute approximate surface area is 104 Å². The summed E-state index contributed by atoms with van der Waals surface area (Å²) in [7, 11) is 0. The van der Waals surface area contributed by atoms with Gasteiger partial charge in [0.15, 0.2) is 5.71 Å². The predicted octanol–water partition coefficient (Wildman–Crippen LogP) is 2.20. The summed E-state index contributed by atoms with van der Waals surface area (Å²) in [4.78, 5) is 14.7. The van der Waals surface area contributed by atoms with E-state index in [0.717, 1.165) is 0 Å². The zero-order chi connectivity index (χ0) is 14.2. The van der Waals surface area contributed by atoms with Crippen molar-refractivity contribution in [1.29, 1.82) is 0 Å². The summed E-state index contributed by atoms with van der Waals surface area (Å²) in [5.41, 5.74) is 3.03. The number of aliphatic imine (C=N–C) groups is 1. The monoisotopic (exact) mass is 266 g/mol. The zero-order valence-corrected chi connectivity index (χ0v) is 10.4. The molecule has 0 aromatic rings. The van der Waals surface area contributed by atoms with E-state index in [0.29, 0.717) is 19.0 Å². The lowest BCUT2D eigenvalue weighted by Crippen LogP contribution is -2.30. The Morgan fingerprint density at radius 3 is 2.39 bits per heavy atom. The average molecular weight is 266 g/mol. The first kappa shape index (κ1) is 16.5. The van der Waals surface area contributed by atoms with Gasteiger partial charge in [-0.25, -0.2) is 4.79 Å². The van der Waals surface area contributed by atoms with Gasteiger partial charge in [0.1, 0.15) is 5.57 Å². The summed E-state index contributed by atoms with van der Waals surface area (Å²) in [6.45, 7) is 3.28. The lowest BCUT2D eigenvalue weighted by molar-refractivity contribution is -0.138. The van der Waals surface area contributed by atoms with E-state index in [2.05, 4.69) is 9.73 Å². The lowest BCUT2D eigenvalue weighted by Gasteiger charge is -2.12. The molecule has 4 nitrogen and oxygen atoms in total. The van der Waals surface area contributed by atoms with E-state index in [4.69, 9.17) is 5.73 Å². The summed E-state index contributed by atoms with van der Waals surface area (Å²) in [5, 5.41) is 0. The highest BCUT2D eigenvalue weighted by molar-refractivity contribution is 6.21. The number of hydrogen-bond acceptors (Lipinski definition) is 4. The van der Waals surface area contributed by atoms with E-state index in [1.54, 1.807) is 0 Å². The highest BCUT2D eigenvalue weighted by Gasteiger charge is 2.40. The van der Waals surface area contributed by atoms with Gasteiger partial charge in [-0.05, 0) is 13.3 Å². The van der Waals surface area contributed by atoms with Gasteiger partial charge in [0.05, 0.1) is 6.61 Å². The van der Waals surface area contributed by atoms with Crippen molar-refractivity contribution in [1.82, 2.24) is 0 Å². The fraction of sp³-hybridized carbons (Fsp3) is 0.636. The van der Waals surface area contributed by atoms with Crippen molar-refractivity contribution < 1.29 is 22.7 Å². The number of carbonyl (C=O) groups is 1. The van der Waals surface area contributed by atoms with E-state index in [9.17, 15) is 18.0 Å². The molecular weight excluding hydrogens is 249 g/mol. The number of halogens is 3. The second-order valence-corrected chi connectivity index (χ2v) is 3.38. The third-order valence-corrected chi connectivity index (χ3v) is 1.97. The SMILES string of the molecule is CCCCN=C(C(=CN)C(=O)OCC)C(F)(F)F. The number of nitrogens with two attached hydrogens (primary N) is 1. The second kappa shape index (κ2) is 7.73. The van der Waals surface area contributed by atoms with Crippen LogP contribution in [0.1, 0.15) is 26.7 Å². The van der Waals surface area contributed by atoms with Crippen LogP contribution in [0.3, 0.4) is 0 Å². The Morgan fingerprint density at radius 2 is 2.00 bits per heavy atom. The Bertz CT molecular complexity index is 336. The average Bonchev–Trinajstić information content (AvgIpc) is 2.27. The van der Waals surface area contributed by atoms with Gasteiger partial charge in [-0.1, -0.05) is 13.3 Å². The largest absolute Gasteiger partial charge is 0.462 e. The van der Waals surface area contributed by atoms with Crippen LogP contribution in [-0.4, -0.2) is 31.0 Å². The van der Waals surface area contributed by atoms with Crippen molar-refractivity contribution in [2.75, 3.05) is 13.2 Å². The summed E-state index contributed by atoms with van der Waals surface area (Å²) < 4.78 is 42.8. The van der Waals surface area contributed by atoms with E-state index >= 15 is 0 Å². The zero-order valence-electron chi connectivity index (χ0n) is 10.4. The maximum absolute atomic E-state index is 12.8. The molecular formula is C11H17F3N2O2. The van der Waals surface area contributed by atoms with Gasteiger partial charge in [-0.15, -0.1) is 0 Å². The lowest BCUT2D eigenvalue weighted by atomic mass is 10.1. The van der Waals surface area contributed by atoms with Gasteiger partial charge in [0.2, 0.25) is 0 Å². The van der Waals surface area contributed by atoms with Crippen LogP contribution < -0.4 is 5.73 Å². The number of unbranched alkanes of at least 4 members (excludes halogenated alkanes) is 1. The summed E-state index contributed by atoms with van der Waals surface area (Å²) in [5.74, 6) is -1.12. The van der Waals surface area contributed by atoms with E-state index < -0.39 is 23.4 Å². The van der Waals surface area contributed by atoms with Crippen LogP contribution in [0.2, 0.25) is 0 Å².